The zero-order chi connectivity index (χ0) is 13.6. The molecule has 2 nitrogen and oxygen atoms in total. The van der Waals surface area contributed by atoms with Crippen molar-refractivity contribution in [3.8, 4) is 11.3 Å². The van der Waals surface area contributed by atoms with Crippen molar-refractivity contribution < 1.29 is 0 Å². The van der Waals surface area contributed by atoms with Crippen molar-refractivity contribution in [1.29, 1.82) is 0 Å². The summed E-state index contributed by atoms with van der Waals surface area (Å²) in [6.07, 6.45) is 0. The minimum Gasteiger partial charge on any atom is -0.322 e. The molecule has 1 unspecified atom stereocenters. The molecule has 2 aromatic rings. The van der Waals surface area contributed by atoms with Crippen LogP contribution in [0.15, 0.2) is 29.2 Å². The molecular formula is C15H18N2S2. The molecule has 1 aliphatic rings. The predicted octanol–water partition coefficient (Wildman–Crippen LogP) is 4.46. The van der Waals surface area contributed by atoms with E-state index in [0.717, 1.165) is 16.5 Å². The van der Waals surface area contributed by atoms with Gasteiger partial charge in [-0.1, -0.05) is 39.0 Å². The van der Waals surface area contributed by atoms with Crippen LogP contribution in [-0.4, -0.2) is 4.98 Å². The Morgan fingerprint density at radius 3 is 2.74 bits per heavy atom. The highest BCUT2D eigenvalue weighted by Gasteiger charge is 2.28. The van der Waals surface area contributed by atoms with E-state index in [4.69, 9.17) is 10.7 Å². The lowest BCUT2D eigenvalue weighted by Crippen LogP contribution is -2.26. The quantitative estimate of drug-likeness (QED) is 0.842. The molecule has 0 amide bonds. The first kappa shape index (κ1) is 13.2. The molecule has 2 heterocycles. The molecule has 3 rings (SSSR count). The van der Waals surface area contributed by atoms with E-state index < -0.39 is 0 Å². The van der Waals surface area contributed by atoms with Crippen LogP contribution in [0, 0.1) is 5.41 Å². The first-order chi connectivity index (χ1) is 8.97. The number of hydrogen-bond acceptors (Lipinski definition) is 4. The summed E-state index contributed by atoms with van der Waals surface area (Å²) in [7, 11) is 0. The van der Waals surface area contributed by atoms with Crippen molar-refractivity contribution in [3.63, 3.8) is 0 Å². The molecule has 1 aromatic carbocycles. The number of nitrogens with zero attached hydrogens (tertiary/aromatic N) is 1. The number of aromatic nitrogens is 1. The summed E-state index contributed by atoms with van der Waals surface area (Å²) in [6, 6.07) is 8.50. The normalized spacial score (nSPS) is 15.8. The zero-order valence-corrected chi connectivity index (χ0v) is 13.1. The summed E-state index contributed by atoms with van der Waals surface area (Å²) in [5, 5.41) is 1.06. The smallest absolute Gasteiger partial charge is 0.111 e. The summed E-state index contributed by atoms with van der Waals surface area (Å²) >= 11 is 3.67. The second kappa shape index (κ2) is 4.62. The van der Waals surface area contributed by atoms with E-state index in [1.165, 1.54) is 15.3 Å². The van der Waals surface area contributed by atoms with Gasteiger partial charge in [0.05, 0.1) is 11.7 Å². The van der Waals surface area contributed by atoms with E-state index in [2.05, 4.69) is 45.0 Å². The number of nitrogens with two attached hydrogens (primary N) is 1. The van der Waals surface area contributed by atoms with Crippen LogP contribution in [0.5, 0.6) is 0 Å². The van der Waals surface area contributed by atoms with E-state index in [-0.39, 0.29) is 11.5 Å². The fourth-order valence-electron chi connectivity index (χ4n) is 2.11. The van der Waals surface area contributed by atoms with Crippen molar-refractivity contribution >= 4 is 23.1 Å². The van der Waals surface area contributed by atoms with Gasteiger partial charge >= 0.3 is 0 Å². The second-order valence-electron chi connectivity index (χ2n) is 5.95. The fraction of sp³-hybridized carbons (Fsp3) is 0.400. The van der Waals surface area contributed by atoms with Crippen molar-refractivity contribution in [2.24, 2.45) is 11.1 Å². The first-order valence-corrected chi connectivity index (χ1v) is 8.24. The molecular weight excluding hydrogens is 272 g/mol. The minimum atomic E-state index is 0.000243. The van der Waals surface area contributed by atoms with Gasteiger partial charge in [0.1, 0.15) is 5.01 Å². The Bertz CT molecular complexity index is 611. The summed E-state index contributed by atoms with van der Waals surface area (Å²) < 4.78 is 0. The highest BCUT2D eigenvalue weighted by Crippen LogP contribution is 2.45. The molecule has 0 radical (unpaired) electrons. The lowest BCUT2D eigenvalue weighted by atomic mass is 9.88. The van der Waals surface area contributed by atoms with Gasteiger partial charge in [-0.25, -0.2) is 4.98 Å². The van der Waals surface area contributed by atoms with Gasteiger partial charge in [-0.05, 0) is 11.5 Å². The monoisotopic (exact) mass is 290 g/mol. The molecule has 1 atom stereocenters. The van der Waals surface area contributed by atoms with Crippen LogP contribution < -0.4 is 5.73 Å². The standard InChI is InChI=1S/C15H18N2S2/c1-15(2,3)13(16)14-17-12-9-6-4-5-7-10(9)18-8-11(12)19-14/h4-7,13H,8,16H2,1-3H3. The summed E-state index contributed by atoms with van der Waals surface area (Å²) in [4.78, 5) is 7.53. The van der Waals surface area contributed by atoms with E-state index in [0.29, 0.717) is 0 Å². The first-order valence-electron chi connectivity index (χ1n) is 6.44. The maximum absolute atomic E-state index is 6.35. The highest BCUT2D eigenvalue weighted by molar-refractivity contribution is 7.98. The lowest BCUT2D eigenvalue weighted by Gasteiger charge is -2.24. The second-order valence-corrected chi connectivity index (χ2v) is 8.08. The summed E-state index contributed by atoms with van der Waals surface area (Å²) in [6.45, 7) is 6.50. The number of rotatable bonds is 1. The third-order valence-corrected chi connectivity index (χ3v) is 5.84. The third-order valence-electron chi connectivity index (χ3n) is 3.41. The van der Waals surface area contributed by atoms with Gasteiger partial charge in [0.2, 0.25) is 0 Å². The maximum atomic E-state index is 6.35. The van der Waals surface area contributed by atoms with Crippen LogP contribution in [0.3, 0.4) is 0 Å². The van der Waals surface area contributed by atoms with Gasteiger partial charge < -0.3 is 5.73 Å². The SMILES string of the molecule is CC(C)(C)C(N)c1nc2c(s1)CSc1ccccc1-2. The van der Waals surface area contributed by atoms with Crippen molar-refractivity contribution in [1.82, 2.24) is 4.98 Å². The van der Waals surface area contributed by atoms with Gasteiger partial charge in [-0.2, -0.15) is 0 Å². The number of thiazole rings is 1. The van der Waals surface area contributed by atoms with Crippen molar-refractivity contribution in [3.05, 3.63) is 34.2 Å². The van der Waals surface area contributed by atoms with E-state index in [1.54, 1.807) is 11.3 Å². The lowest BCUT2D eigenvalue weighted by molar-refractivity contribution is 0.326. The van der Waals surface area contributed by atoms with Gasteiger partial charge in [-0.3, -0.25) is 0 Å². The molecule has 0 saturated carbocycles. The van der Waals surface area contributed by atoms with Crippen molar-refractivity contribution in [2.75, 3.05) is 0 Å². The predicted molar refractivity (Wildman–Crippen MR) is 83.5 cm³/mol. The Hall–Kier alpha value is -0.840. The van der Waals surface area contributed by atoms with Crippen LogP contribution in [0.2, 0.25) is 0 Å². The molecule has 4 heteroatoms. The Labute approximate surface area is 122 Å². The van der Waals surface area contributed by atoms with Crippen LogP contribution in [-0.2, 0) is 5.75 Å². The van der Waals surface area contributed by atoms with Crippen LogP contribution >= 0.6 is 23.1 Å². The topological polar surface area (TPSA) is 38.9 Å². The summed E-state index contributed by atoms with van der Waals surface area (Å²) in [5.41, 5.74) is 8.80. The number of benzene rings is 1. The van der Waals surface area contributed by atoms with Crippen LogP contribution in [0.25, 0.3) is 11.3 Å². The third kappa shape index (κ3) is 2.33. The largest absolute Gasteiger partial charge is 0.322 e. The average Bonchev–Trinajstić information content (AvgIpc) is 2.80. The number of fused-ring (bicyclic) bond motifs is 3. The molecule has 2 N–H and O–H groups in total. The molecule has 0 bridgehead atoms. The molecule has 0 aliphatic carbocycles. The molecule has 1 aromatic heterocycles. The molecule has 19 heavy (non-hydrogen) atoms. The Morgan fingerprint density at radius 1 is 1.26 bits per heavy atom. The highest BCUT2D eigenvalue weighted by atomic mass is 32.2. The molecule has 0 spiro atoms. The maximum Gasteiger partial charge on any atom is 0.111 e. The fourth-order valence-corrected chi connectivity index (χ4v) is 4.57. The molecule has 100 valence electrons. The van der Waals surface area contributed by atoms with Gasteiger partial charge in [-0.15, -0.1) is 23.1 Å². The Morgan fingerprint density at radius 2 is 2.00 bits per heavy atom. The minimum absolute atomic E-state index is 0.000243. The van der Waals surface area contributed by atoms with Gasteiger partial charge in [0, 0.05) is 21.1 Å². The Balaban J connectivity index is 2.06. The molecule has 0 fully saturated rings. The molecule has 0 saturated heterocycles. The van der Waals surface area contributed by atoms with Crippen molar-refractivity contribution in [2.45, 2.75) is 37.5 Å². The van der Waals surface area contributed by atoms with Crippen LogP contribution in [0.1, 0.15) is 36.7 Å². The summed E-state index contributed by atoms with van der Waals surface area (Å²) in [5.74, 6) is 1.01. The number of hydrogen-bond donors (Lipinski definition) is 1. The van der Waals surface area contributed by atoms with Gasteiger partial charge in [0.25, 0.3) is 0 Å². The average molecular weight is 290 g/mol. The van der Waals surface area contributed by atoms with E-state index >= 15 is 0 Å². The van der Waals surface area contributed by atoms with Gasteiger partial charge in [0.15, 0.2) is 0 Å². The zero-order valence-electron chi connectivity index (χ0n) is 11.4. The Kier molecular flexibility index (Phi) is 3.20. The number of thioether (sulfide) groups is 1. The van der Waals surface area contributed by atoms with E-state index in [9.17, 15) is 0 Å². The van der Waals surface area contributed by atoms with E-state index in [1.807, 2.05) is 11.8 Å². The van der Waals surface area contributed by atoms with Crippen LogP contribution in [0.4, 0.5) is 0 Å². The molecule has 1 aliphatic heterocycles.